The van der Waals surface area contributed by atoms with E-state index in [1.54, 1.807) is 12.5 Å². The van der Waals surface area contributed by atoms with Gasteiger partial charge in [-0.2, -0.15) is 5.10 Å². The summed E-state index contributed by atoms with van der Waals surface area (Å²) in [4.78, 5) is 18.9. The zero-order valence-corrected chi connectivity index (χ0v) is 13.9. The van der Waals surface area contributed by atoms with E-state index in [2.05, 4.69) is 34.1 Å². The number of amides is 1. The van der Waals surface area contributed by atoms with Crippen molar-refractivity contribution in [2.24, 2.45) is 7.05 Å². The monoisotopic (exact) mass is 316 g/mol. The van der Waals surface area contributed by atoms with Crippen molar-refractivity contribution < 1.29 is 4.79 Å². The topological polar surface area (TPSA) is 68.0 Å². The number of imidazole rings is 1. The molecular weight excluding hydrogens is 292 g/mol. The van der Waals surface area contributed by atoms with Crippen molar-refractivity contribution >= 4 is 11.7 Å². The molecule has 0 saturated carbocycles. The molecule has 0 bridgehead atoms. The van der Waals surface area contributed by atoms with Crippen LogP contribution in [0.4, 0.5) is 5.82 Å². The molecule has 0 spiro atoms. The highest BCUT2D eigenvalue weighted by Crippen LogP contribution is 2.19. The van der Waals surface area contributed by atoms with Crippen LogP contribution in [0.3, 0.4) is 0 Å². The van der Waals surface area contributed by atoms with Crippen molar-refractivity contribution in [2.75, 3.05) is 18.0 Å². The van der Waals surface area contributed by atoms with Crippen molar-refractivity contribution in [3.05, 3.63) is 30.5 Å². The summed E-state index contributed by atoms with van der Waals surface area (Å²) in [7, 11) is 1.94. The second-order valence-corrected chi connectivity index (χ2v) is 6.37. The van der Waals surface area contributed by atoms with Gasteiger partial charge in [-0.25, -0.2) is 4.98 Å². The van der Waals surface area contributed by atoms with Crippen molar-refractivity contribution in [1.29, 1.82) is 0 Å². The second-order valence-electron chi connectivity index (χ2n) is 6.37. The standard InChI is InChI=1S/C16H24N6O/c1-12(2)22-10-14(17-11-22)16(23)19-13-5-4-8-21(9-13)15-6-7-18-20(15)3/h6-7,10-13H,4-5,8-9H2,1-3H3,(H,19,23)/t13-/m1/s1. The smallest absolute Gasteiger partial charge is 0.271 e. The molecule has 0 aliphatic carbocycles. The van der Waals surface area contributed by atoms with Gasteiger partial charge in [0, 0.05) is 44.5 Å². The summed E-state index contributed by atoms with van der Waals surface area (Å²) in [6, 6.07) is 2.45. The zero-order chi connectivity index (χ0) is 16.4. The Morgan fingerprint density at radius 1 is 1.43 bits per heavy atom. The van der Waals surface area contributed by atoms with Gasteiger partial charge in [-0.1, -0.05) is 0 Å². The van der Waals surface area contributed by atoms with Crippen LogP contribution >= 0.6 is 0 Å². The van der Waals surface area contributed by atoms with Gasteiger partial charge < -0.3 is 14.8 Å². The molecule has 23 heavy (non-hydrogen) atoms. The molecule has 1 fully saturated rings. The maximum Gasteiger partial charge on any atom is 0.271 e. The molecule has 7 nitrogen and oxygen atoms in total. The van der Waals surface area contributed by atoms with Crippen LogP contribution in [0.5, 0.6) is 0 Å². The number of carbonyl (C=O) groups is 1. The van der Waals surface area contributed by atoms with E-state index in [1.807, 2.05) is 28.6 Å². The fourth-order valence-corrected chi connectivity index (χ4v) is 2.98. The van der Waals surface area contributed by atoms with Crippen LogP contribution in [-0.2, 0) is 7.05 Å². The molecule has 0 aromatic carbocycles. The molecule has 1 saturated heterocycles. The minimum Gasteiger partial charge on any atom is -0.355 e. The van der Waals surface area contributed by atoms with Crippen LogP contribution in [-0.4, -0.2) is 44.4 Å². The zero-order valence-electron chi connectivity index (χ0n) is 13.9. The van der Waals surface area contributed by atoms with Crippen molar-refractivity contribution in [3.8, 4) is 0 Å². The fourth-order valence-electron chi connectivity index (χ4n) is 2.98. The molecule has 3 rings (SSSR count). The van der Waals surface area contributed by atoms with Crippen molar-refractivity contribution in [3.63, 3.8) is 0 Å². The number of nitrogens with zero attached hydrogens (tertiary/aromatic N) is 5. The average Bonchev–Trinajstić information content (AvgIpc) is 3.16. The number of hydrogen-bond donors (Lipinski definition) is 1. The summed E-state index contributed by atoms with van der Waals surface area (Å²) >= 11 is 0. The Bertz CT molecular complexity index is 674. The first-order valence-electron chi connectivity index (χ1n) is 8.12. The van der Waals surface area contributed by atoms with E-state index in [4.69, 9.17) is 0 Å². The lowest BCUT2D eigenvalue weighted by Gasteiger charge is -2.34. The molecule has 7 heteroatoms. The van der Waals surface area contributed by atoms with E-state index in [0.29, 0.717) is 11.7 Å². The van der Waals surface area contributed by atoms with Gasteiger partial charge in [-0.3, -0.25) is 9.48 Å². The summed E-state index contributed by atoms with van der Waals surface area (Å²) in [5, 5.41) is 7.33. The van der Waals surface area contributed by atoms with Gasteiger partial charge in [-0.15, -0.1) is 0 Å². The van der Waals surface area contributed by atoms with Gasteiger partial charge in [0.15, 0.2) is 0 Å². The van der Waals surface area contributed by atoms with E-state index in [0.717, 1.165) is 31.7 Å². The van der Waals surface area contributed by atoms with Crippen LogP contribution in [0, 0.1) is 0 Å². The third-order valence-electron chi connectivity index (χ3n) is 4.31. The number of piperidine rings is 1. The van der Waals surface area contributed by atoms with Crippen LogP contribution in [0.25, 0.3) is 0 Å². The molecule has 2 aromatic rings. The van der Waals surface area contributed by atoms with Crippen LogP contribution in [0.15, 0.2) is 24.8 Å². The summed E-state index contributed by atoms with van der Waals surface area (Å²) < 4.78 is 3.81. The predicted octanol–water partition coefficient (Wildman–Crippen LogP) is 1.60. The van der Waals surface area contributed by atoms with Crippen molar-refractivity contribution in [1.82, 2.24) is 24.6 Å². The van der Waals surface area contributed by atoms with E-state index in [-0.39, 0.29) is 11.9 Å². The van der Waals surface area contributed by atoms with Crippen molar-refractivity contribution in [2.45, 2.75) is 38.8 Å². The SMILES string of the molecule is CC(C)n1cnc(C(=O)N[C@@H]2CCCN(c3ccnn3C)C2)c1. The number of aromatic nitrogens is 4. The molecule has 0 unspecified atom stereocenters. The third kappa shape index (κ3) is 3.38. The average molecular weight is 316 g/mol. The first-order chi connectivity index (χ1) is 11.0. The Hall–Kier alpha value is -2.31. The molecule has 0 radical (unpaired) electrons. The Morgan fingerprint density at radius 2 is 2.26 bits per heavy atom. The maximum absolute atomic E-state index is 12.4. The molecule has 3 heterocycles. The highest BCUT2D eigenvalue weighted by atomic mass is 16.2. The lowest BCUT2D eigenvalue weighted by atomic mass is 10.1. The first kappa shape index (κ1) is 15.6. The summed E-state index contributed by atoms with van der Waals surface area (Å²) in [6.45, 7) is 5.93. The third-order valence-corrected chi connectivity index (χ3v) is 4.31. The summed E-state index contributed by atoms with van der Waals surface area (Å²) in [6.07, 6.45) is 7.36. The number of anilines is 1. The predicted molar refractivity (Wildman–Crippen MR) is 88.5 cm³/mol. The molecule has 124 valence electrons. The molecule has 1 aliphatic rings. The van der Waals surface area contributed by atoms with Gasteiger partial charge in [-0.05, 0) is 26.7 Å². The molecular formula is C16H24N6O. The maximum atomic E-state index is 12.4. The van der Waals surface area contributed by atoms with Gasteiger partial charge in [0.2, 0.25) is 0 Å². The largest absolute Gasteiger partial charge is 0.355 e. The minimum absolute atomic E-state index is 0.0961. The Labute approximate surface area is 136 Å². The number of rotatable bonds is 4. The van der Waals surface area contributed by atoms with Gasteiger partial charge in [0.05, 0.1) is 12.5 Å². The normalized spacial score (nSPS) is 18.4. The first-order valence-corrected chi connectivity index (χ1v) is 8.12. The van der Waals surface area contributed by atoms with Crippen LogP contribution in [0.1, 0.15) is 43.2 Å². The highest BCUT2D eigenvalue weighted by Gasteiger charge is 2.24. The Kier molecular flexibility index (Phi) is 4.36. The minimum atomic E-state index is -0.0961. The van der Waals surface area contributed by atoms with E-state index < -0.39 is 0 Å². The molecule has 1 atom stereocenters. The van der Waals surface area contributed by atoms with E-state index in [9.17, 15) is 4.79 Å². The van der Waals surface area contributed by atoms with E-state index >= 15 is 0 Å². The lowest BCUT2D eigenvalue weighted by Crippen LogP contribution is -2.48. The summed E-state index contributed by atoms with van der Waals surface area (Å²) in [5.41, 5.74) is 0.483. The Balaban J connectivity index is 1.63. The van der Waals surface area contributed by atoms with Crippen LogP contribution < -0.4 is 10.2 Å². The van der Waals surface area contributed by atoms with Gasteiger partial charge in [0.1, 0.15) is 11.5 Å². The molecule has 2 aromatic heterocycles. The molecule has 1 aliphatic heterocycles. The van der Waals surface area contributed by atoms with Gasteiger partial charge in [0.25, 0.3) is 5.91 Å². The number of carbonyl (C=O) groups excluding carboxylic acids is 1. The lowest BCUT2D eigenvalue weighted by molar-refractivity contribution is 0.0928. The number of aryl methyl sites for hydroxylation is 1. The Morgan fingerprint density at radius 3 is 2.91 bits per heavy atom. The van der Waals surface area contributed by atoms with Crippen LogP contribution in [0.2, 0.25) is 0 Å². The summed E-state index contributed by atoms with van der Waals surface area (Å²) in [5.74, 6) is 0.995. The number of nitrogens with one attached hydrogen (secondary N) is 1. The second kappa shape index (κ2) is 6.44. The van der Waals surface area contributed by atoms with E-state index in [1.165, 1.54) is 0 Å². The molecule has 1 amide bonds. The molecule has 1 N–H and O–H groups in total. The highest BCUT2D eigenvalue weighted by molar-refractivity contribution is 5.92. The number of hydrogen-bond acceptors (Lipinski definition) is 4. The fraction of sp³-hybridized carbons (Fsp3) is 0.562. The van der Waals surface area contributed by atoms with Gasteiger partial charge >= 0.3 is 0 Å². The quantitative estimate of drug-likeness (QED) is 0.930.